The molecule has 2 amide bonds. The molecule has 0 spiro atoms. The van der Waals surface area contributed by atoms with Crippen molar-refractivity contribution in [2.75, 3.05) is 11.4 Å². The second kappa shape index (κ2) is 6.65. The molecule has 0 aromatic heterocycles. The van der Waals surface area contributed by atoms with E-state index in [2.05, 4.69) is 11.4 Å². The van der Waals surface area contributed by atoms with Crippen molar-refractivity contribution >= 4 is 29.1 Å². The minimum atomic E-state index is -0.519. The number of nitrogens with zero attached hydrogens (tertiary/aromatic N) is 1. The smallest absolute Gasteiger partial charge is 0.253 e. The Bertz CT molecular complexity index is 783. The van der Waals surface area contributed by atoms with E-state index in [0.717, 1.165) is 16.8 Å². The van der Waals surface area contributed by atoms with Crippen LogP contribution in [0.2, 0.25) is 5.02 Å². The van der Waals surface area contributed by atoms with E-state index in [0.29, 0.717) is 23.6 Å². The average Bonchev–Trinajstić information content (AvgIpc) is 2.87. The third-order valence-electron chi connectivity index (χ3n) is 4.15. The predicted molar refractivity (Wildman–Crippen MR) is 95.6 cm³/mol. The number of halogens is 1. The van der Waals surface area contributed by atoms with Crippen LogP contribution in [0.15, 0.2) is 42.5 Å². The number of benzene rings is 2. The van der Waals surface area contributed by atoms with Crippen LogP contribution >= 0.6 is 11.6 Å². The molecule has 1 unspecified atom stereocenters. The molecule has 1 N–H and O–H groups in total. The number of anilines is 1. The third-order valence-corrected chi connectivity index (χ3v) is 4.48. The molecule has 4 nitrogen and oxygen atoms in total. The second-order valence-electron chi connectivity index (χ2n) is 6.13. The van der Waals surface area contributed by atoms with Crippen LogP contribution in [-0.4, -0.2) is 24.4 Å². The van der Waals surface area contributed by atoms with Gasteiger partial charge < -0.3 is 10.2 Å². The van der Waals surface area contributed by atoms with Gasteiger partial charge in [-0.05, 0) is 55.7 Å². The largest absolute Gasteiger partial charge is 0.340 e. The summed E-state index contributed by atoms with van der Waals surface area (Å²) in [5.74, 6) is -0.401. The molecule has 2 aromatic carbocycles. The molecule has 0 radical (unpaired) electrons. The van der Waals surface area contributed by atoms with Crippen molar-refractivity contribution in [3.8, 4) is 0 Å². The third kappa shape index (κ3) is 3.29. The lowest BCUT2D eigenvalue weighted by molar-refractivity contribution is -0.118. The molecule has 1 aliphatic rings. The molecule has 2 aromatic rings. The molecular formula is C19H19ClN2O2. The number of amides is 2. The molecular weight excluding hydrogens is 324 g/mol. The second-order valence-corrected chi connectivity index (χ2v) is 6.54. The molecule has 1 atom stereocenters. The Morgan fingerprint density at radius 3 is 2.50 bits per heavy atom. The molecule has 0 saturated carbocycles. The number of hydrogen-bond donors (Lipinski definition) is 1. The molecule has 1 aliphatic heterocycles. The van der Waals surface area contributed by atoms with Crippen LogP contribution in [0.5, 0.6) is 0 Å². The fourth-order valence-electron chi connectivity index (χ4n) is 3.06. The van der Waals surface area contributed by atoms with E-state index < -0.39 is 6.04 Å². The quantitative estimate of drug-likeness (QED) is 0.928. The van der Waals surface area contributed by atoms with E-state index in [4.69, 9.17) is 11.6 Å². The van der Waals surface area contributed by atoms with Crippen molar-refractivity contribution in [2.45, 2.75) is 26.3 Å². The van der Waals surface area contributed by atoms with Gasteiger partial charge in [-0.2, -0.15) is 0 Å². The summed E-state index contributed by atoms with van der Waals surface area (Å²) < 4.78 is 0. The van der Waals surface area contributed by atoms with Gasteiger partial charge in [0.15, 0.2) is 0 Å². The van der Waals surface area contributed by atoms with E-state index in [9.17, 15) is 9.59 Å². The Hall–Kier alpha value is -2.33. The monoisotopic (exact) mass is 342 g/mol. The molecule has 0 bridgehead atoms. The Morgan fingerprint density at radius 2 is 1.83 bits per heavy atom. The predicted octanol–water partition coefficient (Wildman–Crippen LogP) is 3.49. The minimum absolute atomic E-state index is 0.0830. The number of carbonyl (C=O) groups excluding carboxylic acids is 2. The first kappa shape index (κ1) is 16.5. The number of aryl methyl sites for hydroxylation is 2. The van der Waals surface area contributed by atoms with Crippen LogP contribution in [0.3, 0.4) is 0 Å². The molecule has 3 rings (SSSR count). The van der Waals surface area contributed by atoms with Gasteiger partial charge >= 0.3 is 0 Å². The zero-order valence-electron chi connectivity index (χ0n) is 13.7. The molecule has 124 valence electrons. The van der Waals surface area contributed by atoms with Gasteiger partial charge in [0.05, 0.1) is 10.6 Å². The summed E-state index contributed by atoms with van der Waals surface area (Å²) in [6, 6.07) is 12.4. The SMILES string of the molecule is Cc1cc(C)cc(N2CCC(NC(=O)c3ccccc3Cl)C2=O)c1. The highest BCUT2D eigenvalue weighted by atomic mass is 35.5. The maximum Gasteiger partial charge on any atom is 0.253 e. The van der Waals surface area contributed by atoms with Crippen LogP contribution in [0.4, 0.5) is 5.69 Å². The highest BCUT2D eigenvalue weighted by Crippen LogP contribution is 2.24. The van der Waals surface area contributed by atoms with Crippen molar-refractivity contribution in [3.05, 3.63) is 64.2 Å². The topological polar surface area (TPSA) is 49.4 Å². The molecule has 1 saturated heterocycles. The highest BCUT2D eigenvalue weighted by Gasteiger charge is 2.34. The fourth-order valence-corrected chi connectivity index (χ4v) is 3.28. The zero-order valence-corrected chi connectivity index (χ0v) is 14.4. The van der Waals surface area contributed by atoms with Gasteiger partial charge in [-0.25, -0.2) is 0 Å². The summed E-state index contributed by atoms with van der Waals surface area (Å²) in [5, 5.41) is 3.18. The minimum Gasteiger partial charge on any atom is -0.340 e. The summed E-state index contributed by atoms with van der Waals surface area (Å²) in [6.07, 6.45) is 0.585. The molecule has 24 heavy (non-hydrogen) atoms. The van der Waals surface area contributed by atoms with E-state index in [1.54, 1.807) is 29.2 Å². The maximum atomic E-state index is 12.7. The van der Waals surface area contributed by atoms with Crippen molar-refractivity contribution in [1.82, 2.24) is 5.32 Å². The Balaban J connectivity index is 1.75. The van der Waals surface area contributed by atoms with Crippen LogP contribution in [0, 0.1) is 13.8 Å². The Kier molecular flexibility index (Phi) is 4.58. The van der Waals surface area contributed by atoms with Gasteiger partial charge in [-0.1, -0.05) is 29.8 Å². The van der Waals surface area contributed by atoms with Crippen molar-refractivity contribution in [1.29, 1.82) is 0 Å². The lowest BCUT2D eigenvalue weighted by atomic mass is 10.1. The lowest BCUT2D eigenvalue weighted by Crippen LogP contribution is -2.41. The first-order valence-electron chi connectivity index (χ1n) is 7.91. The van der Waals surface area contributed by atoms with E-state index >= 15 is 0 Å². The van der Waals surface area contributed by atoms with Crippen LogP contribution in [0.1, 0.15) is 27.9 Å². The van der Waals surface area contributed by atoms with Crippen molar-refractivity contribution in [2.24, 2.45) is 0 Å². The zero-order chi connectivity index (χ0) is 17.3. The van der Waals surface area contributed by atoms with Gasteiger partial charge in [0.2, 0.25) is 5.91 Å². The van der Waals surface area contributed by atoms with Gasteiger partial charge in [0.25, 0.3) is 5.91 Å². The normalized spacial score (nSPS) is 17.2. The van der Waals surface area contributed by atoms with Gasteiger partial charge in [-0.15, -0.1) is 0 Å². The first-order chi connectivity index (χ1) is 11.5. The average molecular weight is 343 g/mol. The molecule has 5 heteroatoms. The molecule has 1 fully saturated rings. The van der Waals surface area contributed by atoms with Crippen molar-refractivity contribution in [3.63, 3.8) is 0 Å². The molecule has 1 heterocycles. The first-order valence-corrected chi connectivity index (χ1v) is 8.28. The highest BCUT2D eigenvalue weighted by molar-refractivity contribution is 6.33. The molecule has 0 aliphatic carbocycles. The number of rotatable bonds is 3. The van der Waals surface area contributed by atoms with Crippen LogP contribution in [-0.2, 0) is 4.79 Å². The van der Waals surface area contributed by atoms with E-state index in [1.165, 1.54) is 0 Å². The summed E-state index contributed by atoms with van der Waals surface area (Å²) in [5.41, 5.74) is 3.49. The number of carbonyl (C=O) groups is 2. The summed E-state index contributed by atoms with van der Waals surface area (Å²) >= 11 is 6.04. The number of hydrogen-bond acceptors (Lipinski definition) is 2. The maximum absolute atomic E-state index is 12.7. The fraction of sp³-hybridized carbons (Fsp3) is 0.263. The van der Waals surface area contributed by atoms with Gasteiger partial charge in [0.1, 0.15) is 6.04 Å². The standard InChI is InChI=1S/C19H19ClN2O2/c1-12-9-13(2)11-14(10-12)22-8-7-17(19(22)24)21-18(23)15-5-3-4-6-16(15)20/h3-6,9-11,17H,7-8H2,1-2H3,(H,21,23). The van der Waals surface area contributed by atoms with Gasteiger partial charge in [0, 0.05) is 12.2 Å². The van der Waals surface area contributed by atoms with E-state index in [1.807, 2.05) is 26.0 Å². The summed E-state index contributed by atoms with van der Waals surface area (Å²) in [6.45, 7) is 4.61. The Labute approximate surface area is 146 Å². The summed E-state index contributed by atoms with van der Waals surface area (Å²) in [4.78, 5) is 26.7. The van der Waals surface area contributed by atoms with Crippen LogP contribution < -0.4 is 10.2 Å². The van der Waals surface area contributed by atoms with E-state index in [-0.39, 0.29) is 11.8 Å². The van der Waals surface area contributed by atoms with Gasteiger partial charge in [-0.3, -0.25) is 9.59 Å². The lowest BCUT2D eigenvalue weighted by Gasteiger charge is -2.18. The number of nitrogens with one attached hydrogen (secondary N) is 1. The van der Waals surface area contributed by atoms with Crippen LogP contribution in [0.25, 0.3) is 0 Å². The van der Waals surface area contributed by atoms with Crippen molar-refractivity contribution < 1.29 is 9.59 Å². The summed E-state index contributed by atoms with van der Waals surface area (Å²) in [7, 11) is 0. The Morgan fingerprint density at radius 1 is 1.17 bits per heavy atom.